The molecule has 1 heteroatoms. The molecule has 1 aromatic carbocycles. The van der Waals surface area contributed by atoms with Crippen LogP contribution in [-0.4, -0.2) is 0 Å². The van der Waals surface area contributed by atoms with Gasteiger partial charge in [-0.15, -0.1) is 0 Å². The fraction of sp³-hybridized carbons (Fsp3) is 0.381. The molecule has 1 saturated carbocycles. The van der Waals surface area contributed by atoms with Crippen molar-refractivity contribution >= 4 is 6.08 Å². The van der Waals surface area contributed by atoms with Crippen LogP contribution in [0.5, 0.6) is 0 Å². The smallest absolute Gasteiger partial charge is 0.0994 e. The molecule has 2 aliphatic carbocycles. The van der Waals surface area contributed by atoms with Crippen molar-refractivity contribution in [3.63, 3.8) is 0 Å². The molecule has 0 atom stereocenters. The van der Waals surface area contributed by atoms with Gasteiger partial charge < -0.3 is 0 Å². The minimum Gasteiger partial charge on any atom is -0.192 e. The van der Waals surface area contributed by atoms with Crippen LogP contribution >= 0.6 is 0 Å². The lowest BCUT2D eigenvalue weighted by molar-refractivity contribution is 0.540. The normalized spacial score (nSPS) is 18.5. The first-order valence-electron chi connectivity index (χ1n) is 8.33. The summed E-state index contributed by atoms with van der Waals surface area (Å²) >= 11 is 0. The molecule has 22 heavy (non-hydrogen) atoms. The molecule has 0 amide bonds. The standard InChI is InChI=1S/C21H23N/c1-16-20(7-4-8-21(16)15-22)12-11-18-9-10-19(14-18)13-17-5-2-3-6-17/h4,7-9,11-12,14,17H,2-3,5-6,10,13H2,1H3/b12-11+. The van der Waals surface area contributed by atoms with Gasteiger partial charge in [-0.3, -0.25) is 0 Å². The lowest BCUT2D eigenvalue weighted by atomic mass is 9.97. The van der Waals surface area contributed by atoms with Crippen LogP contribution in [0.15, 0.2) is 47.6 Å². The first-order chi connectivity index (χ1) is 10.8. The predicted molar refractivity (Wildman–Crippen MR) is 92.3 cm³/mol. The Bertz CT molecular complexity index is 676. The molecule has 0 unspecified atom stereocenters. The first kappa shape index (κ1) is 14.9. The number of benzene rings is 1. The summed E-state index contributed by atoms with van der Waals surface area (Å²) in [4.78, 5) is 0. The number of nitrogens with zero attached hydrogens (tertiary/aromatic N) is 1. The summed E-state index contributed by atoms with van der Waals surface area (Å²) in [7, 11) is 0. The molecule has 0 aliphatic heterocycles. The van der Waals surface area contributed by atoms with E-state index in [1.54, 1.807) is 5.57 Å². The number of rotatable bonds is 4. The van der Waals surface area contributed by atoms with Crippen LogP contribution < -0.4 is 0 Å². The molecule has 0 N–H and O–H groups in total. The summed E-state index contributed by atoms with van der Waals surface area (Å²) in [5.74, 6) is 0.928. The van der Waals surface area contributed by atoms with Gasteiger partial charge in [0.2, 0.25) is 0 Å². The summed E-state index contributed by atoms with van der Waals surface area (Å²) in [6.07, 6.45) is 17.1. The van der Waals surface area contributed by atoms with Crippen LogP contribution in [0.4, 0.5) is 0 Å². The second-order valence-corrected chi connectivity index (χ2v) is 6.53. The lowest BCUT2D eigenvalue weighted by Crippen LogP contribution is -1.94. The van der Waals surface area contributed by atoms with Crippen LogP contribution in [0.1, 0.15) is 55.2 Å². The van der Waals surface area contributed by atoms with Crippen molar-refractivity contribution in [2.75, 3.05) is 0 Å². The largest absolute Gasteiger partial charge is 0.192 e. The van der Waals surface area contributed by atoms with Crippen molar-refractivity contribution in [2.24, 2.45) is 5.92 Å². The topological polar surface area (TPSA) is 23.8 Å². The summed E-state index contributed by atoms with van der Waals surface area (Å²) in [6.45, 7) is 2.02. The van der Waals surface area contributed by atoms with E-state index >= 15 is 0 Å². The minimum absolute atomic E-state index is 0.764. The van der Waals surface area contributed by atoms with Gasteiger partial charge in [0.05, 0.1) is 11.6 Å². The zero-order chi connectivity index (χ0) is 15.4. The summed E-state index contributed by atoms with van der Waals surface area (Å²) in [6, 6.07) is 8.16. The van der Waals surface area contributed by atoms with E-state index in [1.165, 1.54) is 37.7 Å². The molecule has 0 aromatic heterocycles. The molecule has 3 rings (SSSR count). The number of hydrogen-bond acceptors (Lipinski definition) is 1. The number of allylic oxidation sites excluding steroid dienone is 5. The fourth-order valence-electron chi connectivity index (χ4n) is 3.59. The van der Waals surface area contributed by atoms with Gasteiger partial charge in [-0.2, -0.15) is 5.26 Å². The van der Waals surface area contributed by atoms with Gasteiger partial charge in [0.25, 0.3) is 0 Å². The Morgan fingerprint density at radius 1 is 1.23 bits per heavy atom. The van der Waals surface area contributed by atoms with Gasteiger partial charge in [-0.1, -0.05) is 67.7 Å². The van der Waals surface area contributed by atoms with Gasteiger partial charge in [0.1, 0.15) is 0 Å². The van der Waals surface area contributed by atoms with Gasteiger partial charge in [0, 0.05) is 0 Å². The van der Waals surface area contributed by atoms with E-state index < -0.39 is 0 Å². The Balaban J connectivity index is 1.66. The molecule has 0 heterocycles. The molecule has 1 aromatic rings. The van der Waals surface area contributed by atoms with E-state index in [2.05, 4.69) is 36.4 Å². The van der Waals surface area contributed by atoms with Crippen LogP contribution in [-0.2, 0) is 0 Å². The minimum atomic E-state index is 0.764. The third kappa shape index (κ3) is 3.39. The Hall–Kier alpha value is -2.07. The molecular weight excluding hydrogens is 266 g/mol. The van der Waals surface area contributed by atoms with Crippen molar-refractivity contribution in [3.8, 4) is 6.07 Å². The molecule has 0 spiro atoms. The van der Waals surface area contributed by atoms with E-state index in [0.29, 0.717) is 0 Å². The Morgan fingerprint density at radius 2 is 2.05 bits per heavy atom. The number of hydrogen-bond donors (Lipinski definition) is 0. The van der Waals surface area contributed by atoms with E-state index in [1.807, 2.05) is 19.1 Å². The van der Waals surface area contributed by atoms with Gasteiger partial charge in [0.15, 0.2) is 0 Å². The van der Waals surface area contributed by atoms with Crippen molar-refractivity contribution in [2.45, 2.75) is 45.4 Å². The van der Waals surface area contributed by atoms with Gasteiger partial charge in [-0.05, 0) is 48.4 Å². The zero-order valence-corrected chi connectivity index (χ0v) is 13.3. The highest BCUT2D eigenvalue weighted by molar-refractivity contribution is 5.61. The Labute approximate surface area is 133 Å². The molecule has 0 bridgehead atoms. The molecule has 2 aliphatic rings. The Kier molecular flexibility index (Phi) is 4.59. The van der Waals surface area contributed by atoms with Crippen molar-refractivity contribution < 1.29 is 0 Å². The van der Waals surface area contributed by atoms with Crippen molar-refractivity contribution in [1.82, 2.24) is 0 Å². The fourth-order valence-corrected chi connectivity index (χ4v) is 3.59. The second-order valence-electron chi connectivity index (χ2n) is 6.53. The summed E-state index contributed by atoms with van der Waals surface area (Å²) in [5, 5.41) is 9.10. The second kappa shape index (κ2) is 6.79. The highest BCUT2D eigenvalue weighted by Crippen LogP contribution is 2.33. The van der Waals surface area contributed by atoms with Crippen LogP contribution in [0.2, 0.25) is 0 Å². The van der Waals surface area contributed by atoms with Crippen molar-refractivity contribution in [3.05, 3.63) is 64.3 Å². The lowest BCUT2D eigenvalue weighted by Gasteiger charge is -2.08. The summed E-state index contributed by atoms with van der Waals surface area (Å²) < 4.78 is 0. The zero-order valence-electron chi connectivity index (χ0n) is 13.3. The summed E-state index contributed by atoms with van der Waals surface area (Å²) in [5.41, 5.74) is 5.87. The SMILES string of the molecule is Cc1c(C#N)cccc1/C=C/C1=CCC(CC2CCCC2)=C1. The van der Waals surface area contributed by atoms with E-state index in [9.17, 15) is 0 Å². The first-order valence-corrected chi connectivity index (χ1v) is 8.33. The molecule has 1 fully saturated rings. The van der Waals surface area contributed by atoms with Gasteiger partial charge >= 0.3 is 0 Å². The van der Waals surface area contributed by atoms with Gasteiger partial charge in [-0.25, -0.2) is 0 Å². The highest BCUT2D eigenvalue weighted by atomic mass is 14.2. The average molecular weight is 289 g/mol. The molecular formula is C21H23N. The maximum atomic E-state index is 9.10. The maximum absolute atomic E-state index is 9.10. The van der Waals surface area contributed by atoms with Crippen molar-refractivity contribution in [1.29, 1.82) is 5.26 Å². The molecule has 0 radical (unpaired) electrons. The average Bonchev–Trinajstić information content (AvgIpc) is 3.19. The quantitative estimate of drug-likeness (QED) is 0.695. The van der Waals surface area contributed by atoms with Crippen LogP contribution in [0.25, 0.3) is 6.08 Å². The monoisotopic (exact) mass is 289 g/mol. The maximum Gasteiger partial charge on any atom is 0.0994 e. The van der Waals surface area contributed by atoms with E-state index in [0.717, 1.165) is 29.0 Å². The van der Waals surface area contributed by atoms with E-state index in [-0.39, 0.29) is 0 Å². The molecule has 1 nitrogen and oxygen atoms in total. The molecule has 0 saturated heterocycles. The third-order valence-corrected chi connectivity index (χ3v) is 4.95. The van der Waals surface area contributed by atoms with E-state index in [4.69, 9.17) is 5.26 Å². The molecule has 112 valence electrons. The Morgan fingerprint density at radius 3 is 2.82 bits per heavy atom. The number of nitriles is 1. The van der Waals surface area contributed by atoms with Crippen LogP contribution in [0, 0.1) is 24.2 Å². The predicted octanol–water partition coefficient (Wildman–Crippen LogP) is 5.72. The highest BCUT2D eigenvalue weighted by Gasteiger charge is 2.17. The van der Waals surface area contributed by atoms with Crippen LogP contribution in [0.3, 0.4) is 0 Å². The third-order valence-electron chi connectivity index (χ3n) is 4.95.